The van der Waals surface area contributed by atoms with Crippen LogP contribution < -0.4 is 11.9 Å². The van der Waals surface area contributed by atoms with Crippen LogP contribution >= 0.6 is 7.82 Å². The number of nitrogen functional groups attached to an aromatic ring is 1. The van der Waals surface area contributed by atoms with Crippen molar-refractivity contribution in [3.05, 3.63) is 18.6 Å². The highest BCUT2D eigenvalue weighted by Crippen LogP contribution is 2.35. The molecular weight excluding hydrogens is 289 g/mol. The summed E-state index contributed by atoms with van der Waals surface area (Å²) in [6.07, 6.45) is 1.86. The number of nitrogens with two attached hydrogens (primary N) is 1. The van der Waals surface area contributed by atoms with Crippen molar-refractivity contribution in [1.29, 1.82) is 0 Å². The molecule has 1 atom stereocenters. The molecule has 11 heteroatoms. The Balaban J connectivity index is 0.00000200. The lowest BCUT2D eigenvalue weighted by molar-refractivity contribution is 0.0741. The Morgan fingerprint density at radius 1 is 1.45 bits per heavy atom. The van der Waals surface area contributed by atoms with Gasteiger partial charge in [0.25, 0.3) is 0 Å². The summed E-state index contributed by atoms with van der Waals surface area (Å²) in [5, 5.41) is 10.3. The maximum absolute atomic E-state index is 10.5. The Kier molecular flexibility index (Phi) is 5.17. The SMILES string of the molecule is N.Nc1ncnc2c1ccn2CC(O)COP(=O)(O)O. The summed E-state index contributed by atoms with van der Waals surface area (Å²) in [6.45, 7) is -0.412. The van der Waals surface area contributed by atoms with E-state index in [0.29, 0.717) is 16.9 Å². The van der Waals surface area contributed by atoms with Crippen LogP contribution in [-0.2, 0) is 15.6 Å². The molecule has 20 heavy (non-hydrogen) atoms. The third-order valence-electron chi connectivity index (χ3n) is 2.43. The van der Waals surface area contributed by atoms with Crippen LogP contribution in [0.5, 0.6) is 0 Å². The van der Waals surface area contributed by atoms with E-state index in [0.717, 1.165) is 0 Å². The zero-order chi connectivity index (χ0) is 14.0. The van der Waals surface area contributed by atoms with Crippen LogP contribution in [0.1, 0.15) is 0 Å². The van der Waals surface area contributed by atoms with Crippen molar-refractivity contribution in [2.75, 3.05) is 12.3 Å². The molecule has 8 N–H and O–H groups in total. The number of fused-ring (bicyclic) bond motifs is 1. The van der Waals surface area contributed by atoms with E-state index in [-0.39, 0.29) is 12.7 Å². The zero-order valence-electron chi connectivity index (χ0n) is 10.5. The summed E-state index contributed by atoms with van der Waals surface area (Å²) in [4.78, 5) is 24.9. The molecule has 0 radical (unpaired) electrons. The van der Waals surface area contributed by atoms with Crippen LogP contribution in [0.15, 0.2) is 18.6 Å². The van der Waals surface area contributed by atoms with Gasteiger partial charge < -0.3 is 31.3 Å². The second-order valence-electron chi connectivity index (χ2n) is 3.90. The molecule has 1 unspecified atom stereocenters. The molecule has 10 nitrogen and oxygen atoms in total. The molecule has 0 saturated carbocycles. The molecule has 0 aliphatic rings. The molecule has 0 aliphatic carbocycles. The molecule has 0 spiro atoms. The highest BCUT2D eigenvalue weighted by Gasteiger charge is 2.17. The summed E-state index contributed by atoms with van der Waals surface area (Å²) in [7, 11) is -4.58. The number of rotatable bonds is 5. The third-order valence-corrected chi connectivity index (χ3v) is 2.91. The van der Waals surface area contributed by atoms with Gasteiger partial charge in [-0.1, -0.05) is 0 Å². The first-order valence-corrected chi connectivity index (χ1v) is 6.83. The first-order chi connectivity index (χ1) is 8.87. The maximum atomic E-state index is 10.5. The first kappa shape index (κ1) is 16.5. The Morgan fingerprint density at radius 2 is 2.15 bits per heavy atom. The number of phosphoric acid groups is 1. The lowest BCUT2D eigenvalue weighted by Crippen LogP contribution is -2.21. The molecule has 0 amide bonds. The van der Waals surface area contributed by atoms with Gasteiger partial charge in [-0.05, 0) is 6.07 Å². The monoisotopic (exact) mass is 305 g/mol. The van der Waals surface area contributed by atoms with Gasteiger partial charge in [-0.3, -0.25) is 4.52 Å². The summed E-state index contributed by atoms with van der Waals surface area (Å²) in [5.74, 6) is 0.324. The van der Waals surface area contributed by atoms with E-state index in [9.17, 15) is 9.67 Å². The standard InChI is InChI=1S/C9H13N4O5P.H3N/c10-8-7-1-2-13(9(7)12-5-11-8)3-6(14)4-18-19(15,16)17;/h1-2,5-6,14H,3-4H2,(H2,10,11,12)(H2,15,16,17);1H3. The van der Waals surface area contributed by atoms with Gasteiger partial charge in [0, 0.05) is 6.20 Å². The second kappa shape index (κ2) is 6.27. The number of aliphatic hydroxyl groups excluding tert-OH is 1. The molecule has 2 rings (SSSR count). The quantitative estimate of drug-likeness (QED) is 0.461. The average molecular weight is 305 g/mol. The third kappa shape index (κ3) is 3.97. The molecule has 2 aromatic rings. The highest BCUT2D eigenvalue weighted by atomic mass is 31.2. The van der Waals surface area contributed by atoms with Crippen molar-refractivity contribution in [2.45, 2.75) is 12.6 Å². The number of hydrogen-bond donors (Lipinski definition) is 5. The fraction of sp³-hybridized carbons (Fsp3) is 0.333. The van der Waals surface area contributed by atoms with Crippen molar-refractivity contribution >= 4 is 24.7 Å². The molecule has 0 aromatic carbocycles. The largest absolute Gasteiger partial charge is 0.469 e. The lowest BCUT2D eigenvalue weighted by Gasteiger charge is -2.13. The maximum Gasteiger partial charge on any atom is 0.469 e. The number of phosphoric ester groups is 1. The van der Waals surface area contributed by atoms with Crippen molar-refractivity contribution in [3.8, 4) is 0 Å². The Bertz CT molecular complexity index is 626. The van der Waals surface area contributed by atoms with E-state index in [1.54, 1.807) is 16.8 Å². The fourth-order valence-corrected chi connectivity index (χ4v) is 2.00. The van der Waals surface area contributed by atoms with E-state index in [1.807, 2.05) is 0 Å². The van der Waals surface area contributed by atoms with Crippen molar-refractivity contribution in [1.82, 2.24) is 20.7 Å². The highest BCUT2D eigenvalue weighted by molar-refractivity contribution is 7.46. The van der Waals surface area contributed by atoms with Gasteiger partial charge >= 0.3 is 7.82 Å². The molecule has 0 bridgehead atoms. The van der Waals surface area contributed by atoms with Crippen LogP contribution in [0.2, 0.25) is 0 Å². The van der Waals surface area contributed by atoms with E-state index in [2.05, 4.69) is 14.5 Å². The lowest BCUT2D eigenvalue weighted by atomic mass is 10.3. The summed E-state index contributed by atoms with van der Waals surface area (Å²) >= 11 is 0. The van der Waals surface area contributed by atoms with Gasteiger partial charge in [0.05, 0.1) is 24.6 Å². The van der Waals surface area contributed by atoms with Crippen LogP contribution in [0.3, 0.4) is 0 Å². The molecule has 0 fully saturated rings. The van der Waals surface area contributed by atoms with E-state index in [4.69, 9.17) is 15.5 Å². The van der Waals surface area contributed by atoms with Gasteiger partial charge in [-0.2, -0.15) is 0 Å². The molecule has 112 valence electrons. The van der Waals surface area contributed by atoms with Crippen molar-refractivity contribution < 1.29 is 24.0 Å². The normalized spacial score (nSPS) is 13.2. The minimum absolute atomic E-state index is 0. The molecule has 0 aliphatic heterocycles. The average Bonchev–Trinajstić information content (AvgIpc) is 2.71. The number of hydrogen-bond acceptors (Lipinski definition) is 7. The molecular formula is C9H16N5O5P. The van der Waals surface area contributed by atoms with Crippen LogP contribution in [0.4, 0.5) is 5.82 Å². The van der Waals surface area contributed by atoms with E-state index >= 15 is 0 Å². The number of aliphatic hydroxyl groups is 1. The molecule has 0 saturated heterocycles. The van der Waals surface area contributed by atoms with Gasteiger partial charge in [0.1, 0.15) is 17.8 Å². The van der Waals surface area contributed by atoms with Crippen LogP contribution in [0.25, 0.3) is 11.0 Å². The van der Waals surface area contributed by atoms with Crippen molar-refractivity contribution in [3.63, 3.8) is 0 Å². The summed E-state index contributed by atoms with van der Waals surface area (Å²) in [5.41, 5.74) is 6.19. The van der Waals surface area contributed by atoms with E-state index in [1.165, 1.54) is 6.33 Å². The molecule has 2 heterocycles. The Morgan fingerprint density at radius 3 is 2.80 bits per heavy atom. The van der Waals surface area contributed by atoms with Crippen molar-refractivity contribution in [2.24, 2.45) is 0 Å². The predicted molar refractivity (Wildman–Crippen MR) is 71.0 cm³/mol. The number of anilines is 1. The first-order valence-electron chi connectivity index (χ1n) is 5.30. The van der Waals surface area contributed by atoms with Crippen LogP contribution in [0, 0.1) is 0 Å². The minimum Gasteiger partial charge on any atom is -0.389 e. The zero-order valence-corrected chi connectivity index (χ0v) is 11.3. The molecule has 2 aromatic heterocycles. The number of aromatic nitrogens is 3. The van der Waals surface area contributed by atoms with E-state index < -0.39 is 20.5 Å². The number of nitrogens with zero attached hydrogens (tertiary/aromatic N) is 3. The Labute approximate surface area is 114 Å². The van der Waals surface area contributed by atoms with Gasteiger partial charge in [0.2, 0.25) is 0 Å². The van der Waals surface area contributed by atoms with Gasteiger partial charge in [-0.25, -0.2) is 14.5 Å². The smallest absolute Gasteiger partial charge is 0.389 e. The summed E-state index contributed by atoms with van der Waals surface area (Å²) < 4.78 is 16.3. The van der Waals surface area contributed by atoms with Gasteiger partial charge in [0.15, 0.2) is 0 Å². The topological polar surface area (TPSA) is 179 Å². The summed E-state index contributed by atoms with van der Waals surface area (Å²) in [6, 6.07) is 1.70. The van der Waals surface area contributed by atoms with Gasteiger partial charge in [-0.15, -0.1) is 0 Å². The fourth-order valence-electron chi connectivity index (χ4n) is 1.63. The predicted octanol–water partition coefficient (Wildman–Crippen LogP) is -0.354. The van der Waals surface area contributed by atoms with Crippen LogP contribution in [-0.4, -0.2) is 42.1 Å². The second-order valence-corrected chi connectivity index (χ2v) is 5.14. The Hall–Kier alpha value is -1.55. The minimum atomic E-state index is -4.58.